The van der Waals surface area contributed by atoms with Crippen molar-refractivity contribution in [2.45, 2.75) is 25.9 Å². The van der Waals surface area contributed by atoms with Gasteiger partial charge in [-0.3, -0.25) is 14.4 Å². The first kappa shape index (κ1) is 25.2. The lowest BCUT2D eigenvalue weighted by Gasteiger charge is -2.21. The summed E-state index contributed by atoms with van der Waals surface area (Å²) in [4.78, 5) is 50.3. The van der Waals surface area contributed by atoms with Crippen molar-refractivity contribution in [3.05, 3.63) is 57.2 Å². The number of carbonyl (C=O) groups is 4. The topological polar surface area (TPSA) is 131 Å². The minimum Gasteiger partial charge on any atom is -0.455 e. The number of urea groups is 1. The van der Waals surface area contributed by atoms with Crippen LogP contribution in [0.5, 0.6) is 0 Å². The summed E-state index contributed by atoms with van der Waals surface area (Å²) in [7, 11) is 0. The molecule has 0 bridgehead atoms. The van der Waals surface area contributed by atoms with Crippen molar-refractivity contribution in [3.63, 3.8) is 0 Å². The fraction of sp³-hybridized carbons (Fsp3) is 0.333. The number of likely N-dealkylation sites (N-methyl/N-ethyl adjacent to an activating group) is 1. The van der Waals surface area contributed by atoms with Gasteiger partial charge in [-0.25, -0.2) is 4.79 Å². The van der Waals surface area contributed by atoms with Crippen molar-refractivity contribution in [3.8, 4) is 0 Å². The molecule has 1 heterocycles. The third-order valence-electron chi connectivity index (χ3n) is 4.43. The molecule has 11 heteroatoms. The number of hydrogen-bond acceptors (Lipinski definition) is 6. The van der Waals surface area contributed by atoms with E-state index in [1.54, 1.807) is 31.2 Å². The Bertz CT molecular complexity index is 921. The lowest BCUT2D eigenvalue weighted by atomic mass is 10.0. The van der Waals surface area contributed by atoms with Gasteiger partial charge in [0.15, 0.2) is 6.61 Å². The number of amides is 4. The van der Waals surface area contributed by atoms with Gasteiger partial charge in [0, 0.05) is 16.4 Å². The summed E-state index contributed by atoms with van der Waals surface area (Å²) < 4.78 is 5.07. The number of ether oxygens (including phenoxy) is 1. The van der Waals surface area contributed by atoms with E-state index in [9.17, 15) is 19.2 Å². The van der Waals surface area contributed by atoms with Crippen LogP contribution in [0.15, 0.2) is 41.8 Å². The Balaban J connectivity index is 1.84. The fourth-order valence-corrected chi connectivity index (χ4v) is 3.55. The van der Waals surface area contributed by atoms with E-state index in [1.807, 2.05) is 17.5 Å². The summed E-state index contributed by atoms with van der Waals surface area (Å²) >= 11 is 7.38. The Morgan fingerprint density at radius 2 is 1.91 bits per heavy atom. The molecule has 32 heavy (non-hydrogen) atoms. The third kappa shape index (κ3) is 8.56. The molecule has 0 saturated heterocycles. The predicted octanol–water partition coefficient (Wildman–Crippen LogP) is 2.21. The fourth-order valence-electron chi connectivity index (χ4n) is 2.78. The number of halogens is 1. The van der Waals surface area contributed by atoms with Gasteiger partial charge in [0.1, 0.15) is 0 Å². The van der Waals surface area contributed by atoms with Crippen LogP contribution in [0.4, 0.5) is 4.79 Å². The van der Waals surface area contributed by atoms with Crippen LogP contribution >= 0.6 is 22.9 Å². The van der Waals surface area contributed by atoms with Crippen molar-refractivity contribution >= 4 is 46.8 Å². The molecule has 0 aliphatic carbocycles. The molecule has 0 aliphatic rings. The molecule has 0 radical (unpaired) electrons. The number of thiophene rings is 1. The predicted molar refractivity (Wildman–Crippen MR) is 121 cm³/mol. The Hall–Kier alpha value is -3.11. The molecule has 0 aliphatic heterocycles. The number of benzene rings is 1. The lowest BCUT2D eigenvalue weighted by molar-refractivity contribution is -0.152. The monoisotopic (exact) mass is 480 g/mol. The molecule has 0 saturated carbocycles. The van der Waals surface area contributed by atoms with Crippen LogP contribution in [0.25, 0.3) is 0 Å². The summed E-state index contributed by atoms with van der Waals surface area (Å²) in [6.45, 7) is 1.72. The third-order valence-corrected chi connectivity index (χ3v) is 5.55. The van der Waals surface area contributed by atoms with E-state index < -0.39 is 30.6 Å². The zero-order chi connectivity index (χ0) is 23.5. The highest BCUT2D eigenvalue weighted by atomic mass is 35.5. The van der Waals surface area contributed by atoms with Crippen molar-refractivity contribution in [1.29, 1.82) is 0 Å². The second-order valence-corrected chi connectivity index (χ2v) is 8.21. The maximum Gasteiger partial charge on any atom is 0.312 e. The molecule has 0 spiro atoms. The van der Waals surface area contributed by atoms with E-state index in [1.165, 1.54) is 16.2 Å². The molecule has 0 fully saturated rings. The first-order valence-corrected chi connectivity index (χ1v) is 11.1. The Morgan fingerprint density at radius 3 is 2.50 bits per heavy atom. The quantitative estimate of drug-likeness (QED) is 0.424. The van der Waals surface area contributed by atoms with Crippen LogP contribution in [0.2, 0.25) is 5.02 Å². The van der Waals surface area contributed by atoms with Gasteiger partial charge in [0.05, 0.1) is 25.6 Å². The highest BCUT2D eigenvalue weighted by Crippen LogP contribution is 2.20. The summed E-state index contributed by atoms with van der Waals surface area (Å²) in [5, 5.41) is 7.62. The zero-order valence-electron chi connectivity index (χ0n) is 17.5. The first-order valence-electron chi connectivity index (χ1n) is 9.82. The standard InChI is InChI=1S/C21H25ClN4O5S/c1-2-26(12-18(27)24-11-16-4-3-9-32-16)19(28)13-31-20(29)10-17(25-21(23)30)14-5-7-15(22)8-6-14/h3-9,17H,2,10-13H2,1H3,(H,24,27)(H3,23,25,30). The highest BCUT2D eigenvalue weighted by Gasteiger charge is 2.21. The normalized spacial score (nSPS) is 11.3. The van der Waals surface area contributed by atoms with E-state index in [4.69, 9.17) is 22.1 Å². The van der Waals surface area contributed by atoms with Gasteiger partial charge in [-0.15, -0.1) is 11.3 Å². The van der Waals surface area contributed by atoms with Gasteiger partial charge in [-0.1, -0.05) is 29.8 Å². The van der Waals surface area contributed by atoms with Crippen LogP contribution in [0.1, 0.15) is 29.8 Å². The minimum absolute atomic E-state index is 0.144. The molecule has 9 nitrogen and oxygen atoms in total. The second kappa shape index (κ2) is 12.7. The van der Waals surface area contributed by atoms with Crippen LogP contribution in [-0.2, 0) is 25.7 Å². The van der Waals surface area contributed by atoms with Gasteiger partial charge in [0.2, 0.25) is 5.91 Å². The van der Waals surface area contributed by atoms with Crippen molar-refractivity contribution < 1.29 is 23.9 Å². The molecule has 1 atom stereocenters. The number of carbonyl (C=O) groups excluding carboxylic acids is 4. The van der Waals surface area contributed by atoms with Crippen molar-refractivity contribution in [1.82, 2.24) is 15.5 Å². The number of primary amides is 1. The van der Waals surface area contributed by atoms with E-state index in [0.29, 0.717) is 17.1 Å². The summed E-state index contributed by atoms with van der Waals surface area (Å²) in [5.74, 6) is -1.52. The number of rotatable bonds is 11. The molecule has 4 amide bonds. The number of esters is 1. The van der Waals surface area contributed by atoms with Gasteiger partial charge >= 0.3 is 12.0 Å². The SMILES string of the molecule is CCN(CC(=O)NCc1cccs1)C(=O)COC(=O)CC(NC(N)=O)c1ccc(Cl)cc1. The lowest BCUT2D eigenvalue weighted by Crippen LogP contribution is -2.42. The summed E-state index contributed by atoms with van der Waals surface area (Å²) in [5.41, 5.74) is 5.80. The number of nitrogens with one attached hydrogen (secondary N) is 2. The molecule has 2 aromatic rings. The van der Waals surface area contributed by atoms with E-state index in [2.05, 4.69) is 10.6 Å². The zero-order valence-corrected chi connectivity index (χ0v) is 19.1. The highest BCUT2D eigenvalue weighted by molar-refractivity contribution is 7.09. The van der Waals surface area contributed by atoms with Gasteiger partial charge < -0.3 is 26.0 Å². The maximum atomic E-state index is 12.4. The average molecular weight is 481 g/mol. The van der Waals surface area contributed by atoms with E-state index in [-0.39, 0.29) is 25.4 Å². The van der Waals surface area contributed by atoms with Gasteiger partial charge in [-0.2, -0.15) is 0 Å². The Morgan fingerprint density at radius 1 is 1.19 bits per heavy atom. The molecule has 1 aromatic heterocycles. The molecule has 2 rings (SSSR count). The van der Waals surface area contributed by atoms with Crippen LogP contribution in [0.3, 0.4) is 0 Å². The van der Waals surface area contributed by atoms with Crippen LogP contribution in [0, 0.1) is 0 Å². The van der Waals surface area contributed by atoms with E-state index >= 15 is 0 Å². The summed E-state index contributed by atoms with van der Waals surface area (Å²) in [6.07, 6.45) is -0.231. The Labute approximate surface area is 194 Å². The van der Waals surface area contributed by atoms with E-state index in [0.717, 1.165) is 4.88 Å². The molecular formula is C21H25ClN4O5S. The smallest absolute Gasteiger partial charge is 0.312 e. The molecule has 1 aromatic carbocycles. The number of hydrogen-bond donors (Lipinski definition) is 3. The largest absolute Gasteiger partial charge is 0.455 e. The van der Waals surface area contributed by atoms with Crippen molar-refractivity contribution in [2.75, 3.05) is 19.7 Å². The van der Waals surface area contributed by atoms with Crippen LogP contribution < -0.4 is 16.4 Å². The van der Waals surface area contributed by atoms with Gasteiger partial charge in [0.25, 0.3) is 5.91 Å². The number of nitrogens with two attached hydrogens (primary N) is 1. The molecule has 172 valence electrons. The molecule has 4 N–H and O–H groups in total. The van der Waals surface area contributed by atoms with Gasteiger partial charge in [-0.05, 0) is 36.1 Å². The molecule has 1 unspecified atom stereocenters. The average Bonchev–Trinajstić information content (AvgIpc) is 3.28. The first-order chi connectivity index (χ1) is 15.3. The van der Waals surface area contributed by atoms with Crippen molar-refractivity contribution in [2.24, 2.45) is 5.73 Å². The second-order valence-electron chi connectivity index (χ2n) is 6.74. The molecular weight excluding hydrogens is 456 g/mol. The maximum absolute atomic E-state index is 12.4. The van der Waals surface area contributed by atoms with Crippen LogP contribution in [-0.4, -0.2) is 48.4 Å². The minimum atomic E-state index is -0.806. The summed E-state index contributed by atoms with van der Waals surface area (Å²) in [6, 6.07) is 8.77. The Kier molecular flexibility index (Phi) is 9.96. The number of nitrogens with zero attached hydrogens (tertiary/aromatic N) is 1.